The predicted molar refractivity (Wildman–Crippen MR) is 154 cm³/mol. The SMILES string of the molecule is CCCCN(CCCC)CCNC(=O)Nc1ccc(Oc2ccnc3cc(OC)c(OC)cc23)c(C)c1C. The van der Waals surface area contributed by atoms with Crippen molar-refractivity contribution in [2.75, 3.05) is 45.7 Å². The lowest BCUT2D eigenvalue weighted by atomic mass is 10.1. The Kier molecular flexibility index (Phi) is 11.0. The zero-order valence-electron chi connectivity index (χ0n) is 23.6. The molecule has 2 aromatic carbocycles. The summed E-state index contributed by atoms with van der Waals surface area (Å²) in [5.74, 6) is 2.58. The van der Waals surface area contributed by atoms with Crippen LogP contribution in [0.2, 0.25) is 0 Å². The van der Waals surface area contributed by atoms with E-state index in [-0.39, 0.29) is 6.03 Å². The largest absolute Gasteiger partial charge is 0.493 e. The zero-order chi connectivity index (χ0) is 27.5. The van der Waals surface area contributed by atoms with Crippen LogP contribution in [0.4, 0.5) is 10.5 Å². The fourth-order valence-electron chi connectivity index (χ4n) is 4.29. The Morgan fingerprint density at radius 1 is 0.868 bits per heavy atom. The molecule has 2 N–H and O–H groups in total. The first-order valence-electron chi connectivity index (χ1n) is 13.5. The molecule has 0 bridgehead atoms. The van der Waals surface area contributed by atoms with E-state index < -0.39 is 0 Å². The van der Waals surface area contributed by atoms with Crippen molar-refractivity contribution in [2.45, 2.75) is 53.4 Å². The molecule has 206 valence electrons. The molecular formula is C30H42N4O4. The molecular weight excluding hydrogens is 480 g/mol. The van der Waals surface area contributed by atoms with Gasteiger partial charge in [-0.15, -0.1) is 0 Å². The fourth-order valence-corrected chi connectivity index (χ4v) is 4.29. The van der Waals surface area contributed by atoms with Crippen molar-refractivity contribution >= 4 is 22.6 Å². The molecule has 0 unspecified atom stereocenters. The summed E-state index contributed by atoms with van der Waals surface area (Å²) in [7, 11) is 3.20. The number of urea groups is 1. The standard InChI is InChI=1S/C30H42N4O4/c1-7-9-16-34(17-10-8-2)18-15-32-30(35)33-24-11-12-26(22(4)21(24)3)38-27-13-14-31-25-20-29(37-6)28(36-5)19-23(25)27/h11-14,19-20H,7-10,15-18H2,1-6H3,(H2,32,33,35). The van der Waals surface area contributed by atoms with Gasteiger partial charge >= 0.3 is 6.03 Å². The summed E-state index contributed by atoms with van der Waals surface area (Å²) >= 11 is 0. The van der Waals surface area contributed by atoms with Gasteiger partial charge in [0.25, 0.3) is 0 Å². The maximum absolute atomic E-state index is 12.6. The van der Waals surface area contributed by atoms with Crippen LogP contribution in [0.15, 0.2) is 36.5 Å². The number of hydrogen-bond donors (Lipinski definition) is 2. The number of fused-ring (bicyclic) bond motifs is 1. The lowest BCUT2D eigenvalue weighted by molar-refractivity contribution is 0.242. The summed E-state index contributed by atoms with van der Waals surface area (Å²) < 4.78 is 17.2. The van der Waals surface area contributed by atoms with Gasteiger partial charge in [0.15, 0.2) is 11.5 Å². The van der Waals surface area contributed by atoms with Crippen molar-refractivity contribution in [1.82, 2.24) is 15.2 Å². The van der Waals surface area contributed by atoms with E-state index in [0.717, 1.165) is 47.4 Å². The molecule has 8 heteroatoms. The van der Waals surface area contributed by atoms with Gasteiger partial charge in [-0.1, -0.05) is 26.7 Å². The number of anilines is 1. The van der Waals surface area contributed by atoms with Crippen molar-refractivity contribution in [2.24, 2.45) is 0 Å². The van der Waals surface area contributed by atoms with Crippen LogP contribution in [0.25, 0.3) is 10.9 Å². The molecule has 0 spiro atoms. The minimum Gasteiger partial charge on any atom is -0.493 e. The van der Waals surface area contributed by atoms with Crippen LogP contribution in [0.3, 0.4) is 0 Å². The number of rotatable bonds is 14. The van der Waals surface area contributed by atoms with Gasteiger partial charge in [-0.25, -0.2) is 4.79 Å². The Morgan fingerprint density at radius 3 is 2.21 bits per heavy atom. The first-order chi connectivity index (χ1) is 18.4. The summed E-state index contributed by atoms with van der Waals surface area (Å²) in [5.41, 5.74) is 3.39. The van der Waals surface area contributed by atoms with Crippen LogP contribution >= 0.6 is 0 Å². The lowest BCUT2D eigenvalue weighted by Crippen LogP contribution is -2.38. The third-order valence-electron chi connectivity index (χ3n) is 6.78. The second-order valence-corrected chi connectivity index (χ2v) is 9.43. The Hall–Kier alpha value is -3.52. The summed E-state index contributed by atoms with van der Waals surface area (Å²) in [5, 5.41) is 6.81. The number of carbonyl (C=O) groups excluding carboxylic acids is 1. The molecule has 0 fully saturated rings. The molecule has 0 aliphatic rings. The average molecular weight is 523 g/mol. The minimum atomic E-state index is -0.201. The number of carbonyl (C=O) groups is 1. The summed E-state index contributed by atoms with van der Waals surface area (Å²) in [6, 6.07) is 9.07. The van der Waals surface area contributed by atoms with Gasteiger partial charge in [-0.2, -0.15) is 0 Å². The average Bonchev–Trinajstić information content (AvgIpc) is 2.93. The van der Waals surface area contributed by atoms with Crippen LogP contribution in [0.1, 0.15) is 50.7 Å². The van der Waals surface area contributed by atoms with E-state index >= 15 is 0 Å². The molecule has 0 aliphatic heterocycles. The van der Waals surface area contributed by atoms with Crippen molar-refractivity contribution in [3.63, 3.8) is 0 Å². The molecule has 0 radical (unpaired) electrons. The Labute approximate surface area is 226 Å². The highest BCUT2D eigenvalue weighted by molar-refractivity contribution is 5.91. The summed E-state index contributed by atoms with van der Waals surface area (Å²) in [4.78, 5) is 19.5. The monoisotopic (exact) mass is 522 g/mol. The van der Waals surface area contributed by atoms with Gasteiger partial charge in [0.2, 0.25) is 0 Å². The van der Waals surface area contributed by atoms with Gasteiger partial charge in [0.1, 0.15) is 11.5 Å². The first-order valence-corrected chi connectivity index (χ1v) is 13.5. The third-order valence-corrected chi connectivity index (χ3v) is 6.78. The Balaban J connectivity index is 1.67. The maximum Gasteiger partial charge on any atom is 0.319 e. The molecule has 1 heterocycles. The second-order valence-electron chi connectivity index (χ2n) is 9.43. The number of unbranched alkanes of at least 4 members (excludes halogenated alkanes) is 2. The molecule has 0 saturated heterocycles. The van der Waals surface area contributed by atoms with Crippen molar-refractivity contribution in [3.05, 3.63) is 47.7 Å². The van der Waals surface area contributed by atoms with Crippen molar-refractivity contribution < 1.29 is 19.0 Å². The smallest absolute Gasteiger partial charge is 0.319 e. The zero-order valence-corrected chi connectivity index (χ0v) is 23.6. The van der Waals surface area contributed by atoms with Gasteiger partial charge in [-0.3, -0.25) is 4.98 Å². The van der Waals surface area contributed by atoms with Gasteiger partial charge in [0, 0.05) is 36.4 Å². The van der Waals surface area contributed by atoms with Crippen LogP contribution < -0.4 is 24.8 Å². The number of amides is 2. The summed E-state index contributed by atoms with van der Waals surface area (Å²) in [6.45, 7) is 12.0. The quantitative estimate of drug-likeness (QED) is 0.246. The molecule has 8 nitrogen and oxygen atoms in total. The molecule has 0 saturated carbocycles. The van der Waals surface area contributed by atoms with Gasteiger partial charge in [0.05, 0.1) is 19.7 Å². The lowest BCUT2D eigenvalue weighted by Gasteiger charge is -2.22. The molecule has 0 atom stereocenters. The van der Waals surface area contributed by atoms with Crippen molar-refractivity contribution in [3.8, 4) is 23.0 Å². The van der Waals surface area contributed by atoms with Crippen LogP contribution in [-0.4, -0.2) is 56.3 Å². The highest BCUT2D eigenvalue weighted by Gasteiger charge is 2.15. The van der Waals surface area contributed by atoms with E-state index in [1.165, 1.54) is 25.7 Å². The normalized spacial score (nSPS) is 11.0. The van der Waals surface area contributed by atoms with Crippen LogP contribution in [0.5, 0.6) is 23.0 Å². The Bertz CT molecular complexity index is 1210. The highest BCUT2D eigenvalue weighted by Crippen LogP contribution is 2.38. The highest BCUT2D eigenvalue weighted by atomic mass is 16.5. The molecule has 0 aliphatic carbocycles. The maximum atomic E-state index is 12.6. The van der Waals surface area contributed by atoms with E-state index in [1.54, 1.807) is 20.4 Å². The molecule has 3 aromatic rings. The topological polar surface area (TPSA) is 85.0 Å². The number of pyridine rings is 1. The molecule has 3 rings (SSSR count). The van der Waals surface area contributed by atoms with E-state index in [0.29, 0.717) is 29.5 Å². The first kappa shape index (κ1) is 29.0. The van der Waals surface area contributed by atoms with Gasteiger partial charge < -0.3 is 29.7 Å². The second kappa shape index (κ2) is 14.4. The Morgan fingerprint density at radius 2 is 1.55 bits per heavy atom. The van der Waals surface area contributed by atoms with E-state index in [4.69, 9.17) is 14.2 Å². The predicted octanol–water partition coefficient (Wildman–Crippen LogP) is 6.68. The van der Waals surface area contributed by atoms with Gasteiger partial charge in [-0.05, 0) is 75.2 Å². The number of aromatic nitrogens is 1. The number of benzene rings is 2. The molecule has 38 heavy (non-hydrogen) atoms. The number of methoxy groups -OCH3 is 2. The van der Waals surface area contributed by atoms with E-state index in [9.17, 15) is 4.79 Å². The van der Waals surface area contributed by atoms with Crippen LogP contribution in [0, 0.1) is 13.8 Å². The fraction of sp³-hybridized carbons (Fsp3) is 0.467. The summed E-state index contributed by atoms with van der Waals surface area (Å²) in [6.07, 6.45) is 6.42. The van der Waals surface area contributed by atoms with E-state index in [2.05, 4.69) is 34.4 Å². The van der Waals surface area contributed by atoms with Crippen LogP contribution in [-0.2, 0) is 0 Å². The number of ether oxygens (including phenoxy) is 3. The number of hydrogen-bond acceptors (Lipinski definition) is 6. The molecule has 2 amide bonds. The number of nitrogens with zero attached hydrogens (tertiary/aromatic N) is 2. The van der Waals surface area contributed by atoms with E-state index in [1.807, 2.05) is 44.2 Å². The van der Waals surface area contributed by atoms with Crippen molar-refractivity contribution in [1.29, 1.82) is 0 Å². The number of nitrogens with one attached hydrogen (secondary N) is 2. The third kappa shape index (κ3) is 7.51. The minimum absolute atomic E-state index is 0.201. The molecule has 1 aromatic heterocycles.